The number of rotatable bonds is 5. The average Bonchev–Trinajstić information content (AvgIpc) is 3.39. The van der Waals surface area contributed by atoms with Gasteiger partial charge in [-0.15, -0.1) is 11.3 Å². The van der Waals surface area contributed by atoms with Crippen LogP contribution in [-0.2, 0) is 6.54 Å². The Bertz CT molecular complexity index is 852. The van der Waals surface area contributed by atoms with Gasteiger partial charge in [0.05, 0.1) is 12.8 Å². The maximum Gasteiger partial charge on any atom is 0.271 e. The Morgan fingerprint density at radius 2 is 2.12 bits per heavy atom. The topological polar surface area (TPSA) is 71.3 Å². The largest absolute Gasteiger partial charge is 0.467 e. The van der Waals surface area contributed by atoms with Crippen LogP contribution in [0.3, 0.4) is 0 Å². The lowest BCUT2D eigenvalue weighted by molar-refractivity contribution is 0.0944. The maximum absolute atomic E-state index is 12.2. The molecule has 4 heterocycles. The van der Waals surface area contributed by atoms with Crippen molar-refractivity contribution in [2.45, 2.75) is 25.8 Å². The zero-order valence-corrected chi connectivity index (χ0v) is 15.2. The van der Waals surface area contributed by atoms with Gasteiger partial charge < -0.3 is 14.6 Å². The Morgan fingerprint density at radius 1 is 1.23 bits per heavy atom. The minimum Gasteiger partial charge on any atom is -0.467 e. The molecule has 0 aromatic carbocycles. The van der Waals surface area contributed by atoms with Crippen LogP contribution in [-0.4, -0.2) is 29.0 Å². The van der Waals surface area contributed by atoms with Gasteiger partial charge in [0.15, 0.2) is 0 Å². The summed E-state index contributed by atoms with van der Waals surface area (Å²) in [5.74, 6) is 1.52. The SMILES string of the molecule is O=C(NCc1ccco1)c1csc(-c2ccc(N3CCCCC3)nc2)n1. The highest BCUT2D eigenvalue weighted by Gasteiger charge is 2.14. The van der Waals surface area contributed by atoms with Gasteiger partial charge in [-0.05, 0) is 43.5 Å². The molecule has 6 nitrogen and oxygen atoms in total. The van der Waals surface area contributed by atoms with E-state index in [0.717, 1.165) is 29.5 Å². The molecule has 0 radical (unpaired) electrons. The highest BCUT2D eigenvalue weighted by Crippen LogP contribution is 2.25. The van der Waals surface area contributed by atoms with Crippen molar-refractivity contribution in [1.82, 2.24) is 15.3 Å². The summed E-state index contributed by atoms with van der Waals surface area (Å²) in [5.41, 5.74) is 1.34. The Morgan fingerprint density at radius 3 is 2.85 bits per heavy atom. The zero-order valence-electron chi connectivity index (χ0n) is 14.4. The van der Waals surface area contributed by atoms with Crippen molar-refractivity contribution in [3.63, 3.8) is 0 Å². The number of thiazole rings is 1. The third kappa shape index (κ3) is 3.77. The molecule has 3 aromatic heterocycles. The smallest absolute Gasteiger partial charge is 0.271 e. The summed E-state index contributed by atoms with van der Waals surface area (Å²) < 4.78 is 5.21. The molecule has 0 unspecified atom stereocenters. The lowest BCUT2D eigenvalue weighted by Crippen LogP contribution is -2.29. The molecule has 1 aliphatic rings. The normalized spacial score (nSPS) is 14.4. The minimum atomic E-state index is -0.207. The van der Waals surface area contributed by atoms with E-state index < -0.39 is 0 Å². The molecule has 0 aliphatic carbocycles. The van der Waals surface area contributed by atoms with Crippen molar-refractivity contribution < 1.29 is 9.21 Å². The molecule has 0 saturated carbocycles. The van der Waals surface area contributed by atoms with Gasteiger partial charge in [-0.25, -0.2) is 9.97 Å². The van der Waals surface area contributed by atoms with E-state index in [1.54, 1.807) is 17.7 Å². The number of anilines is 1. The van der Waals surface area contributed by atoms with Crippen molar-refractivity contribution in [2.24, 2.45) is 0 Å². The van der Waals surface area contributed by atoms with Crippen LogP contribution in [0.2, 0.25) is 0 Å². The van der Waals surface area contributed by atoms with Gasteiger partial charge in [-0.1, -0.05) is 0 Å². The van der Waals surface area contributed by atoms with Gasteiger partial charge in [0, 0.05) is 30.2 Å². The van der Waals surface area contributed by atoms with Crippen molar-refractivity contribution in [2.75, 3.05) is 18.0 Å². The number of aromatic nitrogens is 2. The van der Waals surface area contributed by atoms with E-state index in [-0.39, 0.29) is 5.91 Å². The monoisotopic (exact) mass is 368 g/mol. The number of pyridine rings is 1. The standard InChI is InChI=1S/C19H20N4O2S/c24-18(21-12-15-5-4-10-25-15)16-13-26-19(22-16)14-6-7-17(20-11-14)23-8-2-1-3-9-23/h4-7,10-11,13H,1-3,8-9,12H2,(H,21,24). The molecule has 1 fully saturated rings. The van der Waals surface area contributed by atoms with Gasteiger partial charge in [0.25, 0.3) is 5.91 Å². The van der Waals surface area contributed by atoms with Crippen LogP contribution in [0.4, 0.5) is 5.82 Å². The molecular weight excluding hydrogens is 348 g/mol. The first-order valence-electron chi connectivity index (χ1n) is 8.77. The molecule has 134 valence electrons. The van der Waals surface area contributed by atoms with Crippen molar-refractivity contribution in [1.29, 1.82) is 0 Å². The first-order chi connectivity index (χ1) is 12.8. The summed E-state index contributed by atoms with van der Waals surface area (Å²) >= 11 is 1.45. The number of carbonyl (C=O) groups is 1. The number of nitrogens with zero attached hydrogens (tertiary/aromatic N) is 3. The molecule has 26 heavy (non-hydrogen) atoms. The van der Waals surface area contributed by atoms with Crippen LogP contribution in [0.25, 0.3) is 10.6 Å². The van der Waals surface area contributed by atoms with E-state index in [4.69, 9.17) is 4.42 Å². The maximum atomic E-state index is 12.2. The molecule has 1 N–H and O–H groups in total. The first-order valence-corrected chi connectivity index (χ1v) is 9.65. The predicted molar refractivity (Wildman–Crippen MR) is 101 cm³/mol. The Hall–Kier alpha value is -2.67. The van der Waals surface area contributed by atoms with E-state index in [2.05, 4.69) is 20.2 Å². The van der Waals surface area contributed by atoms with E-state index in [0.29, 0.717) is 18.0 Å². The van der Waals surface area contributed by atoms with Crippen molar-refractivity contribution >= 4 is 23.1 Å². The molecule has 0 spiro atoms. The van der Waals surface area contributed by atoms with E-state index in [1.807, 2.05) is 24.4 Å². The first kappa shape index (κ1) is 16.8. The fourth-order valence-corrected chi connectivity index (χ4v) is 3.80. The summed E-state index contributed by atoms with van der Waals surface area (Å²) in [6.45, 7) is 2.50. The van der Waals surface area contributed by atoms with Gasteiger partial charge >= 0.3 is 0 Å². The molecule has 1 amide bonds. The third-order valence-corrected chi connectivity index (χ3v) is 5.31. The van der Waals surface area contributed by atoms with Crippen LogP contribution in [0.5, 0.6) is 0 Å². The van der Waals surface area contributed by atoms with Crippen LogP contribution in [0, 0.1) is 0 Å². The number of hydrogen-bond acceptors (Lipinski definition) is 6. The minimum absolute atomic E-state index is 0.207. The molecular formula is C19H20N4O2S. The quantitative estimate of drug-likeness (QED) is 0.743. The summed E-state index contributed by atoms with van der Waals surface area (Å²) in [6, 6.07) is 7.68. The second kappa shape index (κ2) is 7.70. The van der Waals surface area contributed by atoms with Crippen LogP contribution in [0.1, 0.15) is 35.5 Å². The summed E-state index contributed by atoms with van der Waals surface area (Å²) in [4.78, 5) is 23.6. The Kier molecular flexibility index (Phi) is 4.97. The fourth-order valence-electron chi connectivity index (χ4n) is 3.00. The Labute approximate surface area is 155 Å². The van der Waals surface area contributed by atoms with Gasteiger partial charge in [0.2, 0.25) is 0 Å². The fraction of sp³-hybridized carbons (Fsp3) is 0.316. The van der Waals surface area contributed by atoms with Gasteiger partial charge in [-0.3, -0.25) is 4.79 Å². The lowest BCUT2D eigenvalue weighted by Gasteiger charge is -2.27. The highest BCUT2D eigenvalue weighted by molar-refractivity contribution is 7.13. The van der Waals surface area contributed by atoms with Crippen LogP contribution in [0.15, 0.2) is 46.5 Å². The molecule has 3 aromatic rings. The second-order valence-corrected chi connectivity index (χ2v) is 7.11. The molecule has 1 aliphatic heterocycles. The van der Waals surface area contributed by atoms with E-state index in [9.17, 15) is 4.79 Å². The van der Waals surface area contributed by atoms with Gasteiger partial charge in [-0.2, -0.15) is 0 Å². The Balaban J connectivity index is 1.41. The van der Waals surface area contributed by atoms with Gasteiger partial charge in [0.1, 0.15) is 22.3 Å². The lowest BCUT2D eigenvalue weighted by atomic mass is 10.1. The number of hydrogen-bond donors (Lipinski definition) is 1. The summed E-state index contributed by atoms with van der Waals surface area (Å²) in [6.07, 6.45) is 7.19. The predicted octanol–water partition coefficient (Wildman–Crippen LogP) is 3.72. The average molecular weight is 368 g/mol. The number of carbonyl (C=O) groups excluding carboxylic acids is 1. The molecule has 1 saturated heterocycles. The zero-order chi connectivity index (χ0) is 17.8. The van der Waals surface area contributed by atoms with Crippen LogP contribution >= 0.6 is 11.3 Å². The number of piperidine rings is 1. The van der Waals surface area contributed by atoms with E-state index in [1.165, 1.54) is 30.6 Å². The number of nitrogens with one attached hydrogen (secondary N) is 1. The van der Waals surface area contributed by atoms with E-state index >= 15 is 0 Å². The molecule has 0 bridgehead atoms. The second-order valence-electron chi connectivity index (χ2n) is 6.25. The molecule has 4 rings (SSSR count). The third-order valence-electron chi connectivity index (χ3n) is 4.41. The van der Waals surface area contributed by atoms with Crippen molar-refractivity contribution in [3.8, 4) is 10.6 Å². The summed E-state index contributed by atoms with van der Waals surface area (Å²) in [5, 5.41) is 5.37. The van der Waals surface area contributed by atoms with Crippen LogP contribution < -0.4 is 10.2 Å². The highest BCUT2D eigenvalue weighted by atomic mass is 32.1. The number of furan rings is 1. The molecule has 7 heteroatoms. The number of amides is 1. The summed E-state index contributed by atoms with van der Waals surface area (Å²) in [7, 11) is 0. The van der Waals surface area contributed by atoms with Crippen molar-refractivity contribution in [3.05, 3.63) is 53.6 Å². The molecule has 0 atom stereocenters.